The Kier molecular flexibility index (Phi) is 5.35. The molecule has 26 heavy (non-hydrogen) atoms. The number of nitrogens with one attached hydrogen (secondary N) is 1. The molecule has 0 unspecified atom stereocenters. The topological polar surface area (TPSA) is 35.7 Å². The van der Waals surface area contributed by atoms with Gasteiger partial charge in [-0.3, -0.25) is 4.79 Å². The molecule has 0 saturated carbocycles. The molecule has 2 heterocycles. The normalized spacial score (nSPS) is 23.2. The number of aromatic nitrogens is 1. The van der Waals surface area contributed by atoms with Crippen LogP contribution in [0, 0.1) is 27.7 Å². The van der Waals surface area contributed by atoms with E-state index >= 15 is 0 Å². The van der Waals surface area contributed by atoms with Crippen molar-refractivity contribution in [1.82, 2.24) is 4.57 Å². The van der Waals surface area contributed by atoms with Crippen LogP contribution in [0.5, 0.6) is 0 Å². The number of hydrogen-bond acceptors (Lipinski definition) is 2. The predicted octanol–water partition coefficient (Wildman–Crippen LogP) is 2.59. The monoisotopic (exact) mass is 355 g/mol. The molecule has 1 aromatic carbocycles. The van der Waals surface area contributed by atoms with Gasteiger partial charge in [-0.05, 0) is 70.9 Å². The van der Waals surface area contributed by atoms with Gasteiger partial charge in [-0.1, -0.05) is 6.07 Å². The molecule has 0 aliphatic carbocycles. The first-order chi connectivity index (χ1) is 12.3. The molecular weight excluding hydrogens is 324 g/mol. The van der Waals surface area contributed by atoms with Crippen LogP contribution in [0.3, 0.4) is 0 Å². The molecule has 1 aliphatic heterocycles. The summed E-state index contributed by atoms with van der Waals surface area (Å²) in [4.78, 5) is 14.3. The van der Waals surface area contributed by atoms with Crippen molar-refractivity contribution in [3.8, 4) is 5.69 Å². The molecule has 4 heteroatoms. The minimum atomic E-state index is 0.213. The second-order valence-corrected chi connectivity index (χ2v) is 7.90. The summed E-state index contributed by atoms with van der Waals surface area (Å²) in [5.74, 6) is 0.226. The van der Waals surface area contributed by atoms with Crippen LogP contribution in [0.1, 0.15) is 46.7 Å². The second kappa shape index (κ2) is 7.37. The van der Waals surface area contributed by atoms with Gasteiger partial charge in [-0.25, -0.2) is 0 Å². The maximum atomic E-state index is 13.0. The fourth-order valence-electron chi connectivity index (χ4n) is 4.16. The largest absolute Gasteiger partial charge is 0.364 e. The molecule has 0 amide bonds. The maximum Gasteiger partial charge on any atom is 0.218 e. The summed E-state index contributed by atoms with van der Waals surface area (Å²) in [6, 6.07) is 8.51. The average molecular weight is 356 g/mol. The fourth-order valence-corrected chi connectivity index (χ4v) is 4.16. The van der Waals surface area contributed by atoms with Crippen molar-refractivity contribution in [2.75, 3.05) is 19.6 Å². The van der Waals surface area contributed by atoms with Crippen LogP contribution in [-0.4, -0.2) is 42.2 Å². The van der Waals surface area contributed by atoms with Crippen LogP contribution in [-0.2, 0) is 4.74 Å². The Balaban J connectivity index is 1.85. The third-order valence-electron chi connectivity index (χ3n) is 5.51. The van der Waals surface area contributed by atoms with Crippen LogP contribution in [0.25, 0.3) is 5.69 Å². The van der Waals surface area contributed by atoms with Gasteiger partial charge in [0.15, 0.2) is 0 Å². The van der Waals surface area contributed by atoms with Gasteiger partial charge in [0.05, 0.1) is 0 Å². The number of morpholine rings is 1. The molecule has 1 aliphatic rings. The zero-order chi connectivity index (χ0) is 19.0. The summed E-state index contributed by atoms with van der Waals surface area (Å²) in [6.45, 7) is 14.9. The Morgan fingerprint density at radius 1 is 1.08 bits per heavy atom. The molecular formula is C22H31N2O2+. The van der Waals surface area contributed by atoms with Crippen LogP contribution >= 0.6 is 0 Å². The molecule has 4 nitrogen and oxygen atoms in total. The Labute approximate surface area is 156 Å². The number of hydrogen-bond donors (Lipinski definition) is 1. The Bertz CT molecular complexity index is 812. The third kappa shape index (κ3) is 3.76. The zero-order valence-electron chi connectivity index (χ0n) is 16.8. The number of carbonyl (C=O) groups is 1. The van der Waals surface area contributed by atoms with Gasteiger partial charge in [0.2, 0.25) is 5.78 Å². The Morgan fingerprint density at radius 2 is 1.73 bits per heavy atom. The lowest BCUT2D eigenvalue weighted by atomic mass is 10.1. The highest BCUT2D eigenvalue weighted by Crippen LogP contribution is 2.23. The van der Waals surface area contributed by atoms with Crippen molar-refractivity contribution in [2.45, 2.75) is 53.8 Å². The van der Waals surface area contributed by atoms with Crippen molar-refractivity contribution < 1.29 is 14.4 Å². The van der Waals surface area contributed by atoms with E-state index in [0.29, 0.717) is 6.54 Å². The predicted molar refractivity (Wildman–Crippen MR) is 105 cm³/mol. The van der Waals surface area contributed by atoms with E-state index in [1.54, 1.807) is 0 Å². The number of aryl methyl sites for hydroxylation is 3. The number of ketones is 1. The zero-order valence-corrected chi connectivity index (χ0v) is 16.8. The van der Waals surface area contributed by atoms with Crippen LogP contribution < -0.4 is 4.90 Å². The molecule has 2 atom stereocenters. The molecule has 1 fully saturated rings. The first-order valence-electron chi connectivity index (χ1n) is 9.55. The van der Waals surface area contributed by atoms with Gasteiger partial charge in [0.25, 0.3) is 0 Å². The van der Waals surface area contributed by atoms with E-state index < -0.39 is 0 Å². The van der Waals surface area contributed by atoms with Crippen LogP contribution in [0.2, 0.25) is 0 Å². The molecule has 2 aromatic rings. The van der Waals surface area contributed by atoms with Gasteiger partial charge in [0.1, 0.15) is 31.8 Å². The van der Waals surface area contributed by atoms with E-state index in [0.717, 1.165) is 35.7 Å². The third-order valence-corrected chi connectivity index (χ3v) is 5.51. The van der Waals surface area contributed by atoms with Crippen molar-refractivity contribution in [3.05, 3.63) is 52.3 Å². The number of carbonyl (C=O) groups excluding carboxylic acids is 1. The van der Waals surface area contributed by atoms with Gasteiger partial charge in [0, 0.05) is 22.6 Å². The lowest BCUT2D eigenvalue weighted by molar-refractivity contribution is -0.906. The number of quaternary nitrogens is 1. The number of benzene rings is 1. The summed E-state index contributed by atoms with van der Waals surface area (Å²) in [6.07, 6.45) is 0.425. The minimum Gasteiger partial charge on any atom is -0.364 e. The van der Waals surface area contributed by atoms with E-state index in [2.05, 4.69) is 64.3 Å². The summed E-state index contributed by atoms with van der Waals surface area (Å²) in [7, 11) is 0. The maximum absolute atomic E-state index is 13.0. The molecule has 1 aromatic heterocycles. The first-order valence-corrected chi connectivity index (χ1v) is 9.55. The number of nitrogens with zero attached hydrogens (tertiary/aromatic N) is 1. The molecule has 140 valence electrons. The van der Waals surface area contributed by atoms with E-state index in [9.17, 15) is 4.79 Å². The molecule has 0 bridgehead atoms. The number of Topliss-reactive ketones (excluding diaryl/α,β-unsaturated/α-hetero) is 1. The number of rotatable bonds is 4. The van der Waals surface area contributed by atoms with E-state index in [1.165, 1.54) is 16.0 Å². The number of ether oxygens (including phenoxy) is 1. The SMILES string of the molecule is Cc1ccc(-n2c(C)cc(C(=O)C[NH+]3C[C@H](C)O[C@@H](C)C3)c2C)cc1C. The highest BCUT2D eigenvalue weighted by atomic mass is 16.5. The highest BCUT2D eigenvalue weighted by Gasteiger charge is 2.28. The van der Waals surface area contributed by atoms with Crippen LogP contribution in [0.15, 0.2) is 24.3 Å². The molecule has 3 rings (SSSR count). The summed E-state index contributed by atoms with van der Waals surface area (Å²) < 4.78 is 7.99. The van der Waals surface area contributed by atoms with Gasteiger partial charge < -0.3 is 14.2 Å². The van der Waals surface area contributed by atoms with Gasteiger partial charge in [-0.2, -0.15) is 0 Å². The average Bonchev–Trinajstić information content (AvgIpc) is 2.84. The quantitative estimate of drug-likeness (QED) is 0.856. The minimum absolute atomic E-state index is 0.213. The molecule has 1 saturated heterocycles. The fraction of sp³-hybridized carbons (Fsp3) is 0.500. The van der Waals surface area contributed by atoms with E-state index in [-0.39, 0.29) is 18.0 Å². The van der Waals surface area contributed by atoms with Crippen LogP contribution in [0.4, 0.5) is 0 Å². The van der Waals surface area contributed by atoms with E-state index in [1.807, 2.05) is 6.07 Å². The first kappa shape index (κ1) is 18.9. The standard InChI is InChI=1S/C22H30N2O2/c1-14-7-8-20(9-15(14)2)24-16(3)10-21(19(24)6)22(25)13-23-11-17(4)26-18(5)12-23/h7-10,17-18H,11-13H2,1-6H3/p+1/t17-,18-/m0/s1. The van der Waals surface area contributed by atoms with Crippen molar-refractivity contribution >= 4 is 5.78 Å². The Morgan fingerprint density at radius 3 is 2.35 bits per heavy atom. The van der Waals surface area contributed by atoms with Crippen molar-refractivity contribution in [3.63, 3.8) is 0 Å². The summed E-state index contributed by atoms with van der Waals surface area (Å²) >= 11 is 0. The molecule has 0 spiro atoms. The Hall–Kier alpha value is -1.91. The second-order valence-electron chi connectivity index (χ2n) is 7.90. The summed E-state index contributed by atoms with van der Waals surface area (Å²) in [5.41, 5.74) is 6.66. The van der Waals surface area contributed by atoms with E-state index in [4.69, 9.17) is 4.74 Å². The van der Waals surface area contributed by atoms with Gasteiger partial charge in [-0.15, -0.1) is 0 Å². The molecule has 1 N–H and O–H groups in total. The lowest BCUT2D eigenvalue weighted by Crippen LogP contribution is -3.16. The molecule has 0 radical (unpaired) electrons. The van der Waals surface area contributed by atoms with Gasteiger partial charge >= 0.3 is 0 Å². The van der Waals surface area contributed by atoms with Crippen molar-refractivity contribution in [2.24, 2.45) is 0 Å². The van der Waals surface area contributed by atoms with Crippen molar-refractivity contribution in [1.29, 1.82) is 0 Å². The summed E-state index contributed by atoms with van der Waals surface area (Å²) in [5, 5.41) is 0. The lowest BCUT2D eigenvalue weighted by Gasteiger charge is -2.31. The highest BCUT2D eigenvalue weighted by molar-refractivity contribution is 5.98. The smallest absolute Gasteiger partial charge is 0.218 e.